The van der Waals surface area contributed by atoms with Crippen molar-refractivity contribution in [2.45, 2.75) is 17.7 Å². The second-order valence-electron chi connectivity index (χ2n) is 7.76. The molecule has 0 aliphatic carbocycles. The Morgan fingerprint density at radius 2 is 1.89 bits per heavy atom. The molecule has 0 spiro atoms. The van der Waals surface area contributed by atoms with Crippen LogP contribution in [0.25, 0.3) is 11.5 Å². The highest BCUT2D eigenvalue weighted by molar-refractivity contribution is 7.99. The number of amides is 1. The SMILES string of the molecule is O=C(CSc1nnc(-c2ccc3c(c2)OCO3)o1)N1N=C(c2ccc(Cl)cc2)C[C@H]1c1ccco1. The van der Waals surface area contributed by atoms with Crippen molar-refractivity contribution in [3.8, 4) is 23.0 Å². The van der Waals surface area contributed by atoms with Gasteiger partial charge in [0, 0.05) is 17.0 Å². The Labute approximate surface area is 208 Å². The molecule has 176 valence electrons. The third kappa shape index (κ3) is 4.38. The number of furan rings is 1. The summed E-state index contributed by atoms with van der Waals surface area (Å²) in [5, 5.41) is 15.1. The first-order chi connectivity index (χ1) is 17.1. The number of halogens is 1. The second kappa shape index (κ2) is 9.12. The van der Waals surface area contributed by atoms with Gasteiger partial charge in [0.2, 0.25) is 12.7 Å². The number of rotatable bonds is 6. The first-order valence-corrected chi connectivity index (χ1v) is 12.1. The van der Waals surface area contributed by atoms with E-state index in [0.29, 0.717) is 40.2 Å². The summed E-state index contributed by atoms with van der Waals surface area (Å²) in [5.74, 6) is 2.15. The molecule has 35 heavy (non-hydrogen) atoms. The lowest BCUT2D eigenvalue weighted by atomic mass is 10.0. The zero-order chi connectivity index (χ0) is 23.8. The highest BCUT2D eigenvalue weighted by atomic mass is 35.5. The lowest BCUT2D eigenvalue weighted by Crippen LogP contribution is -2.28. The Bertz CT molecular complexity index is 1400. The highest BCUT2D eigenvalue weighted by Crippen LogP contribution is 2.37. The maximum Gasteiger partial charge on any atom is 0.277 e. The minimum atomic E-state index is -0.337. The number of carbonyl (C=O) groups is 1. The molecule has 0 saturated carbocycles. The van der Waals surface area contributed by atoms with E-state index in [1.807, 2.05) is 24.3 Å². The number of ether oxygens (including phenoxy) is 2. The third-order valence-electron chi connectivity index (χ3n) is 5.56. The van der Waals surface area contributed by atoms with Crippen molar-refractivity contribution in [3.05, 3.63) is 77.2 Å². The maximum atomic E-state index is 13.2. The average molecular weight is 509 g/mol. The molecule has 2 aromatic carbocycles. The van der Waals surface area contributed by atoms with Gasteiger partial charge in [0.1, 0.15) is 11.8 Å². The quantitative estimate of drug-likeness (QED) is 0.328. The molecule has 0 N–H and O–H groups in total. The van der Waals surface area contributed by atoms with Crippen molar-refractivity contribution in [3.63, 3.8) is 0 Å². The number of carbonyl (C=O) groups excluding carboxylic acids is 1. The lowest BCUT2D eigenvalue weighted by Gasteiger charge is -2.19. The molecule has 4 aromatic rings. The van der Waals surface area contributed by atoms with Gasteiger partial charge in [0.05, 0.1) is 17.7 Å². The first kappa shape index (κ1) is 21.8. The van der Waals surface area contributed by atoms with E-state index < -0.39 is 0 Å². The van der Waals surface area contributed by atoms with E-state index in [1.54, 1.807) is 36.6 Å². The van der Waals surface area contributed by atoms with E-state index in [-0.39, 0.29) is 29.7 Å². The van der Waals surface area contributed by atoms with Gasteiger partial charge in [-0.25, -0.2) is 5.01 Å². The molecule has 1 amide bonds. The molecule has 9 nitrogen and oxygen atoms in total. The first-order valence-electron chi connectivity index (χ1n) is 10.7. The molecular formula is C24H17ClN4O5S. The molecule has 4 heterocycles. The van der Waals surface area contributed by atoms with Crippen molar-refractivity contribution >= 4 is 35.0 Å². The number of aromatic nitrogens is 2. The van der Waals surface area contributed by atoms with Gasteiger partial charge >= 0.3 is 0 Å². The van der Waals surface area contributed by atoms with Gasteiger partial charge in [-0.15, -0.1) is 10.2 Å². The fourth-order valence-corrected chi connectivity index (χ4v) is 4.61. The van der Waals surface area contributed by atoms with Crippen LogP contribution in [0.1, 0.15) is 23.8 Å². The standard InChI is InChI=1S/C24H17ClN4O5S/c25-16-6-3-14(4-7-16)17-11-18(19-2-1-9-31-19)29(28-17)22(30)12-35-24-27-26-23(34-24)15-5-8-20-21(10-15)33-13-32-20/h1-10,18H,11-13H2/t18-/m0/s1. The predicted octanol–water partition coefficient (Wildman–Crippen LogP) is 5.18. The van der Waals surface area contributed by atoms with E-state index >= 15 is 0 Å². The van der Waals surface area contributed by atoms with Crippen LogP contribution in [0.3, 0.4) is 0 Å². The van der Waals surface area contributed by atoms with Gasteiger partial charge in [0.15, 0.2) is 11.5 Å². The van der Waals surface area contributed by atoms with E-state index in [9.17, 15) is 4.79 Å². The van der Waals surface area contributed by atoms with Gasteiger partial charge in [-0.3, -0.25) is 4.79 Å². The number of hydrogen-bond acceptors (Lipinski definition) is 9. The van der Waals surface area contributed by atoms with Crippen LogP contribution < -0.4 is 9.47 Å². The van der Waals surface area contributed by atoms with Gasteiger partial charge in [-0.1, -0.05) is 35.5 Å². The van der Waals surface area contributed by atoms with Crippen LogP contribution in [0.2, 0.25) is 5.02 Å². The third-order valence-corrected chi connectivity index (χ3v) is 6.62. The number of hydrogen-bond donors (Lipinski definition) is 0. The largest absolute Gasteiger partial charge is 0.467 e. The van der Waals surface area contributed by atoms with Gasteiger partial charge < -0.3 is 18.3 Å². The number of hydrazone groups is 1. The topological polar surface area (TPSA) is 103 Å². The summed E-state index contributed by atoms with van der Waals surface area (Å²) < 4.78 is 22.1. The van der Waals surface area contributed by atoms with E-state index in [4.69, 9.17) is 29.9 Å². The second-order valence-corrected chi connectivity index (χ2v) is 9.12. The summed E-state index contributed by atoms with van der Waals surface area (Å²) in [6, 6.07) is 16.1. The molecule has 2 aromatic heterocycles. The minimum Gasteiger partial charge on any atom is -0.467 e. The number of thioether (sulfide) groups is 1. The van der Waals surface area contributed by atoms with E-state index in [0.717, 1.165) is 23.0 Å². The zero-order valence-electron chi connectivity index (χ0n) is 18.1. The Morgan fingerprint density at radius 3 is 2.71 bits per heavy atom. The summed E-state index contributed by atoms with van der Waals surface area (Å²) in [6.07, 6.45) is 2.11. The smallest absolute Gasteiger partial charge is 0.277 e. The van der Waals surface area contributed by atoms with Crippen LogP contribution >= 0.6 is 23.4 Å². The fourth-order valence-electron chi connectivity index (χ4n) is 3.86. The Balaban J connectivity index is 1.17. The Morgan fingerprint density at radius 1 is 1.06 bits per heavy atom. The molecule has 0 saturated heterocycles. The summed E-state index contributed by atoms with van der Waals surface area (Å²) in [5.41, 5.74) is 2.39. The monoisotopic (exact) mass is 508 g/mol. The van der Waals surface area contributed by atoms with Crippen LogP contribution in [0.5, 0.6) is 11.5 Å². The summed E-state index contributed by atoms with van der Waals surface area (Å²) in [6.45, 7) is 0.184. The molecule has 0 bridgehead atoms. The lowest BCUT2D eigenvalue weighted by molar-refractivity contribution is -0.130. The molecule has 2 aliphatic rings. The normalized spacial score (nSPS) is 16.5. The van der Waals surface area contributed by atoms with Gasteiger partial charge in [-0.05, 0) is 48.0 Å². The number of nitrogens with zero attached hydrogens (tertiary/aromatic N) is 4. The Hall–Kier alpha value is -3.76. The molecule has 6 rings (SSSR count). The highest BCUT2D eigenvalue weighted by Gasteiger charge is 2.35. The number of benzene rings is 2. The Kier molecular flexibility index (Phi) is 5.67. The average Bonchev–Trinajstić information content (AvgIpc) is 3.68. The van der Waals surface area contributed by atoms with Crippen molar-refractivity contribution in [2.24, 2.45) is 5.10 Å². The summed E-state index contributed by atoms with van der Waals surface area (Å²) in [4.78, 5) is 13.2. The maximum absolute atomic E-state index is 13.2. The molecule has 0 unspecified atom stereocenters. The molecule has 1 atom stereocenters. The van der Waals surface area contributed by atoms with Gasteiger partial charge in [-0.2, -0.15) is 5.10 Å². The number of fused-ring (bicyclic) bond motifs is 1. The summed E-state index contributed by atoms with van der Waals surface area (Å²) >= 11 is 7.17. The van der Waals surface area contributed by atoms with Crippen LogP contribution in [0.4, 0.5) is 0 Å². The van der Waals surface area contributed by atoms with Crippen LogP contribution in [0, 0.1) is 0 Å². The van der Waals surface area contributed by atoms with Crippen molar-refractivity contribution < 1.29 is 23.1 Å². The van der Waals surface area contributed by atoms with Crippen molar-refractivity contribution in [1.29, 1.82) is 0 Å². The molecule has 2 aliphatic heterocycles. The molecular weight excluding hydrogens is 492 g/mol. The summed E-state index contributed by atoms with van der Waals surface area (Å²) in [7, 11) is 0. The van der Waals surface area contributed by atoms with Gasteiger partial charge in [0.25, 0.3) is 11.1 Å². The minimum absolute atomic E-state index is 0.0668. The molecule has 0 radical (unpaired) electrons. The fraction of sp³-hybridized carbons (Fsp3) is 0.167. The van der Waals surface area contributed by atoms with Crippen molar-refractivity contribution in [1.82, 2.24) is 15.2 Å². The molecule has 0 fully saturated rings. The van der Waals surface area contributed by atoms with E-state index in [1.165, 1.54) is 5.01 Å². The zero-order valence-corrected chi connectivity index (χ0v) is 19.7. The van der Waals surface area contributed by atoms with Crippen LogP contribution in [0.15, 0.2) is 80.0 Å². The van der Waals surface area contributed by atoms with Crippen molar-refractivity contribution in [2.75, 3.05) is 12.5 Å². The predicted molar refractivity (Wildman–Crippen MR) is 127 cm³/mol. The van der Waals surface area contributed by atoms with Crippen LogP contribution in [-0.2, 0) is 4.79 Å². The van der Waals surface area contributed by atoms with Crippen LogP contribution in [-0.4, -0.2) is 39.4 Å². The van der Waals surface area contributed by atoms with E-state index in [2.05, 4.69) is 15.3 Å². The molecule has 11 heteroatoms.